The van der Waals surface area contributed by atoms with Crippen LogP contribution in [0, 0.1) is 17.2 Å². The van der Waals surface area contributed by atoms with Gasteiger partial charge in [0.05, 0.1) is 4.90 Å². The maximum absolute atomic E-state index is 14.7. The fourth-order valence-electron chi connectivity index (χ4n) is 8.45. The van der Waals surface area contributed by atoms with Crippen LogP contribution >= 0.6 is 0 Å². The Morgan fingerprint density at radius 1 is 1.00 bits per heavy atom. The van der Waals surface area contributed by atoms with Gasteiger partial charge in [-0.25, -0.2) is 22.3 Å². The van der Waals surface area contributed by atoms with E-state index in [0.29, 0.717) is 13.1 Å². The van der Waals surface area contributed by atoms with Crippen LogP contribution in [0.4, 0.5) is 9.18 Å². The second-order valence-electron chi connectivity index (χ2n) is 16.4. The largest absolute Gasteiger partial charge is 0.446 e. The number of sulfonamides is 1. The molecule has 0 aromatic heterocycles. The zero-order valence-electron chi connectivity index (χ0n) is 31.3. The van der Waals surface area contributed by atoms with Crippen LogP contribution in [0.5, 0.6) is 0 Å². The van der Waals surface area contributed by atoms with Gasteiger partial charge in [-0.15, -0.1) is 6.58 Å². The van der Waals surface area contributed by atoms with Crippen LogP contribution in [0.2, 0.25) is 0 Å². The van der Waals surface area contributed by atoms with Crippen LogP contribution in [0.25, 0.3) is 10.8 Å². The quantitative estimate of drug-likeness (QED) is 0.246. The van der Waals surface area contributed by atoms with Gasteiger partial charge in [0.2, 0.25) is 11.8 Å². The summed E-state index contributed by atoms with van der Waals surface area (Å²) in [6, 6.07) is 14.2. The Balaban J connectivity index is 1.16. The molecule has 55 heavy (non-hydrogen) atoms. The van der Waals surface area contributed by atoms with Gasteiger partial charge < -0.3 is 20.3 Å². The van der Waals surface area contributed by atoms with Crippen molar-refractivity contribution in [2.24, 2.45) is 11.3 Å². The van der Waals surface area contributed by atoms with Gasteiger partial charge in [0, 0.05) is 31.6 Å². The first-order chi connectivity index (χ1) is 26.1. The molecule has 0 radical (unpaired) electrons. The number of benzene rings is 3. The molecule has 0 bridgehead atoms. The molecule has 14 heteroatoms. The molecule has 2 aliphatic carbocycles. The zero-order chi connectivity index (χ0) is 39.3. The van der Waals surface area contributed by atoms with Crippen LogP contribution in [0.15, 0.2) is 78.2 Å². The molecule has 4 aliphatic rings. The standard InChI is InChI=1S/C41H48FN5O7S/c1-5-28-21-41(28,38(50)45-55(52,53)32-18-10-15-29(42)19-32)44-36(48)33-20-30(46-22-26-13-8-11-25-12-9-14-27(23-46)34(25)26)24-47(33)37(49)35(40(2,3)4)43-39(51)54-31-16-6-7-17-31/h5,8-15,18-19,28,30-31,33,35H,1,6-7,16-17,20-24H2,2-4H3,(H,43,51)(H,44,48)(H,45,50)/t28-,30-,33+,35-,41-/m1/s1. The zero-order valence-corrected chi connectivity index (χ0v) is 32.2. The number of hydrogen-bond acceptors (Lipinski definition) is 8. The molecule has 292 valence electrons. The van der Waals surface area contributed by atoms with Crippen LogP contribution in [0.3, 0.4) is 0 Å². The van der Waals surface area contributed by atoms with E-state index in [4.69, 9.17) is 4.74 Å². The predicted molar refractivity (Wildman–Crippen MR) is 203 cm³/mol. The normalized spacial score (nSPS) is 24.6. The van der Waals surface area contributed by atoms with Gasteiger partial charge in [0.1, 0.15) is 29.5 Å². The molecule has 0 spiro atoms. The summed E-state index contributed by atoms with van der Waals surface area (Å²) in [6.07, 6.45) is 4.29. The first kappa shape index (κ1) is 38.5. The fourth-order valence-corrected chi connectivity index (χ4v) is 9.52. The van der Waals surface area contributed by atoms with Gasteiger partial charge in [0.15, 0.2) is 0 Å². The maximum atomic E-state index is 14.7. The Kier molecular flexibility index (Phi) is 10.3. The number of hydrogen-bond donors (Lipinski definition) is 3. The Hall–Kier alpha value is -4.82. The molecule has 3 aromatic rings. The minimum Gasteiger partial charge on any atom is -0.446 e. The number of carbonyl (C=O) groups excluding carboxylic acids is 4. The van der Waals surface area contributed by atoms with E-state index >= 15 is 0 Å². The molecule has 2 saturated carbocycles. The van der Waals surface area contributed by atoms with Crippen molar-refractivity contribution in [3.63, 3.8) is 0 Å². The molecule has 2 aliphatic heterocycles. The number of ether oxygens (including phenoxy) is 1. The first-order valence-electron chi connectivity index (χ1n) is 18.9. The molecule has 12 nitrogen and oxygen atoms in total. The van der Waals surface area contributed by atoms with E-state index in [9.17, 15) is 32.0 Å². The molecular weight excluding hydrogens is 726 g/mol. The van der Waals surface area contributed by atoms with Gasteiger partial charge in [-0.1, -0.05) is 69.3 Å². The van der Waals surface area contributed by atoms with Crippen molar-refractivity contribution in [1.82, 2.24) is 25.2 Å². The van der Waals surface area contributed by atoms with E-state index in [2.05, 4.69) is 46.4 Å². The lowest BCUT2D eigenvalue weighted by Gasteiger charge is -2.36. The van der Waals surface area contributed by atoms with Crippen molar-refractivity contribution in [2.45, 2.75) is 107 Å². The first-order valence-corrected chi connectivity index (χ1v) is 20.4. The third kappa shape index (κ3) is 7.71. The van der Waals surface area contributed by atoms with Gasteiger partial charge in [-0.3, -0.25) is 19.3 Å². The number of likely N-dealkylation sites (tertiary alicyclic amines) is 1. The summed E-state index contributed by atoms with van der Waals surface area (Å²) in [6.45, 7) is 10.6. The van der Waals surface area contributed by atoms with E-state index in [0.717, 1.165) is 60.4 Å². The van der Waals surface area contributed by atoms with Gasteiger partial charge in [-0.05, 0) is 84.0 Å². The summed E-state index contributed by atoms with van der Waals surface area (Å²) >= 11 is 0. The van der Waals surface area contributed by atoms with Gasteiger partial charge in [0.25, 0.3) is 15.9 Å². The van der Waals surface area contributed by atoms with E-state index in [1.807, 2.05) is 37.6 Å². The SMILES string of the molecule is C=C[C@@H]1C[C@]1(NC(=O)[C@@H]1C[C@@H](N2Cc3cccc4cccc(c34)C2)CN1C(=O)[C@@H](NC(=O)OC1CCCC1)C(C)(C)C)C(=O)NS(=O)(=O)c1cccc(F)c1. The van der Waals surface area contributed by atoms with Crippen molar-refractivity contribution < 1.29 is 36.7 Å². The number of nitrogens with zero attached hydrogens (tertiary/aromatic N) is 2. The summed E-state index contributed by atoms with van der Waals surface area (Å²) < 4.78 is 47.9. The monoisotopic (exact) mass is 773 g/mol. The molecule has 4 amide bonds. The highest BCUT2D eigenvalue weighted by molar-refractivity contribution is 7.90. The van der Waals surface area contributed by atoms with E-state index in [1.165, 1.54) is 22.4 Å². The average Bonchev–Trinajstić information content (AvgIpc) is 3.40. The number of amides is 4. The molecule has 0 unspecified atom stereocenters. The second-order valence-corrected chi connectivity index (χ2v) is 18.1. The topological polar surface area (TPSA) is 154 Å². The second kappa shape index (κ2) is 14.7. The molecule has 7 rings (SSSR count). The molecule has 3 aromatic carbocycles. The lowest BCUT2D eigenvalue weighted by atomic mass is 9.85. The van der Waals surface area contributed by atoms with Gasteiger partial charge >= 0.3 is 6.09 Å². The lowest BCUT2D eigenvalue weighted by molar-refractivity contribution is -0.142. The summed E-state index contributed by atoms with van der Waals surface area (Å²) in [4.78, 5) is 59.4. The minimum atomic E-state index is -4.50. The Morgan fingerprint density at radius 3 is 2.25 bits per heavy atom. The van der Waals surface area contributed by atoms with Gasteiger partial charge in [-0.2, -0.15) is 0 Å². The van der Waals surface area contributed by atoms with Crippen molar-refractivity contribution in [2.75, 3.05) is 6.54 Å². The third-order valence-corrected chi connectivity index (χ3v) is 12.9. The number of halogens is 1. The molecule has 1 saturated heterocycles. The summed E-state index contributed by atoms with van der Waals surface area (Å²) in [7, 11) is -4.50. The minimum absolute atomic E-state index is 0.0724. The molecule has 3 N–H and O–H groups in total. The highest BCUT2D eigenvalue weighted by Crippen LogP contribution is 2.45. The summed E-state index contributed by atoms with van der Waals surface area (Å²) in [5.74, 6) is -3.50. The fraction of sp³-hybridized carbons (Fsp3) is 0.463. The Labute approximate surface area is 320 Å². The number of nitrogens with one attached hydrogen (secondary N) is 3. The highest BCUT2D eigenvalue weighted by Gasteiger charge is 2.61. The van der Waals surface area contributed by atoms with Crippen molar-refractivity contribution in [3.05, 3.63) is 90.3 Å². The van der Waals surface area contributed by atoms with Crippen LogP contribution in [0.1, 0.15) is 70.4 Å². The number of rotatable bonds is 10. The summed E-state index contributed by atoms with van der Waals surface area (Å²) in [5.41, 5.74) is -0.174. The Morgan fingerprint density at radius 2 is 1.65 bits per heavy atom. The molecule has 5 atom stereocenters. The van der Waals surface area contributed by atoms with E-state index in [-0.39, 0.29) is 31.5 Å². The molecule has 2 heterocycles. The van der Waals surface area contributed by atoms with Crippen molar-refractivity contribution in [3.8, 4) is 0 Å². The highest BCUT2D eigenvalue weighted by atomic mass is 32.2. The third-order valence-electron chi connectivity index (χ3n) is 11.5. The van der Waals surface area contributed by atoms with Crippen LogP contribution in [-0.2, 0) is 42.2 Å². The maximum Gasteiger partial charge on any atom is 0.408 e. The molecule has 3 fully saturated rings. The van der Waals surface area contributed by atoms with Crippen molar-refractivity contribution >= 4 is 44.6 Å². The summed E-state index contributed by atoms with van der Waals surface area (Å²) in [5, 5.41) is 7.97. The lowest BCUT2D eigenvalue weighted by Crippen LogP contribution is -2.60. The van der Waals surface area contributed by atoms with E-state index < -0.39 is 73.5 Å². The van der Waals surface area contributed by atoms with Crippen LogP contribution < -0.4 is 15.4 Å². The van der Waals surface area contributed by atoms with Crippen molar-refractivity contribution in [1.29, 1.82) is 0 Å². The predicted octanol–water partition coefficient (Wildman–Crippen LogP) is 4.91. The molecular formula is C41H48FN5O7S. The smallest absolute Gasteiger partial charge is 0.408 e. The number of alkyl carbamates (subject to hydrolysis) is 1. The number of carbonyl (C=O) groups is 4. The Bertz CT molecular complexity index is 2110. The van der Waals surface area contributed by atoms with Crippen LogP contribution in [-0.4, -0.2) is 78.3 Å². The average molecular weight is 774 g/mol. The van der Waals surface area contributed by atoms with E-state index in [1.54, 1.807) is 0 Å².